The largest absolute Gasteiger partial charge is 0.0813 e. The molecule has 1 rings (SSSR count). The molecular weight excluding hydrogens is 168 g/mol. The van der Waals surface area contributed by atoms with Crippen LogP contribution in [-0.2, 0) is 0 Å². The van der Waals surface area contributed by atoms with Crippen LogP contribution in [0.4, 0.5) is 0 Å². The lowest BCUT2D eigenvalue weighted by molar-refractivity contribution is 0.866. The molecule has 0 saturated heterocycles. The van der Waals surface area contributed by atoms with Gasteiger partial charge in [-0.1, -0.05) is 51.1 Å². The lowest BCUT2D eigenvalue weighted by atomic mass is 9.99. The Morgan fingerprint density at radius 3 is 2.21 bits per heavy atom. The first-order valence-corrected chi connectivity index (χ1v) is 5.42. The van der Waals surface area contributed by atoms with Gasteiger partial charge in [0.2, 0.25) is 0 Å². The van der Waals surface area contributed by atoms with Gasteiger partial charge in [-0.3, -0.25) is 0 Å². The van der Waals surface area contributed by atoms with Gasteiger partial charge < -0.3 is 0 Å². The van der Waals surface area contributed by atoms with Gasteiger partial charge in [0.05, 0.1) is 0 Å². The molecule has 0 aromatic heterocycles. The Labute approximate surface area is 87.7 Å². The molecular formula is C14H20. The molecule has 0 atom stereocenters. The van der Waals surface area contributed by atoms with E-state index in [1.54, 1.807) is 0 Å². The highest BCUT2D eigenvalue weighted by Gasteiger charge is 1.99. The molecule has 0 aliphatic carbocycles. The fourth-order valence-corrected chi connectivity index (χ4v) is 1.55. The van der Waals surface area contributed by atoms with Crippen molar-refractivity contribution in [2.24, 2.45) is 0 Å². The van der Waals surface area contributed by atoms with E-state index in [1.165, 1.54) is 16.7 Å². The zero-order chi connectivity index (χ0) is 10.6. The Morgan fingerprint density at radius 2 is 1.79 bits per heavy atom. The van der Waals surface area contributed by atoms with E-state index in [4.69, 9.17) is 0 Å². The number of allylic oxidation sites excluding steroid dienone is 2. The van der Waals surface area contributed by atoms with Crippen molar-refractivity contribution in [1.29, 1.82) is 0 Å². The van der Waals surface area contributed by atoms with Crippen molar-refractivity contribution in [3.05, 3.63) is 41.5 Å². The maximum absolute atomic E-state index is 2.27. The van der Waals surface area contributed by atoms with E-state index in [0.717, 1.165) is 6.42 Å². The quantitative estimate of drug-likeness (QED) is 0.649. The van der Waals surface area contributed by atoms with Gasteiger partial charge in [-0.2, -0.15) is 0 Å². The standard InChI is InChI=1S/C14H20/c1-5-6-12(4)14-9-7-13(8-10-14)11(2)3/h6-11H,5H2,1-4H3. The Hall–Kier alpha value is -1.04. The lowest BCUT2D eigenvalue weighted by Gasteiger charge is -2.07. The van der Waals surface area contributed by atoms with Crippen LogP contribution >= 0.6 is 0 Å². The molecule has 0 bridgehead atoms. The zero-order valence-corrected chi connectivity index (χ0v) is 9.67. The first-order valence-electron chi connectivity index (χ1n) is 5.42. The van der Waals surface area contributed by atoms with Crippen LogP contribution < -0.4 is 0 Å². The van der Waals surface area contributed by atoms with Gasteiger partial charge in [0.15, 0.2) is 0 Å². The van der Waals surface area contributed by atoms with Crippen LogP contribution in [0.1, 0.15) is 51.2 Å². The summed E-state index contributed by atoms with van der Waals surface area (Å²) in [6.07, 6.45) is 3.38. The molecule has 0 unspecified atom stereocenters. The molecule has 0 aliphatic heterocycles. The molecule has 0 spiro atoms. The third kappa shape index (κ3) is 2.73. The van der Waals surface area contributed by atoms with E-state index < -0.39 is 0 Å². The molecule has 1 aromatic carbocycles. The second-order valence-electron chi connectivity index (χ2n) is 4.07. The first-order chi connectivity index (χ1) is 6.65. The average molecular weight is 188 g/mol. The molecule has 0 radical (unpaired) electrons. The second-order valence-corrected chi connectivity index (χ2v) is 4.07. The highest BCUT2D eigenvalue weighted by molar-refractivity contribution is 5.63. The normalized spacial score (nSPS) is 12.2. The summed E-state index contributed by atoms with van der Waals surface area (Å²) >= 11 is 0. The maximum atomic E-state index is 2.27. The number of hydrogen-bond donors (Lipinski definition) is 0. The zero-order valence-electron chi connectivity index (χ0n) is 9.67. The van der Waals surface area contributed by atoms with Crippen molar-refractivity contribution >= 4 is 5.57 Å². The summed E-state index contributed by atoms with van der Waals surface area (Å²) in [6, 6.07) is 8.90. The fourth-order valence-electron chi connectivity index (χ4n) is 1.55. The number of hydrogen-bond acceptors (Lipinski definition) is 0. The van der Waals surface area contributed by atoms with E-state index in [-0.39, 0.29) is 0 Å². The van der Waals surface area contributed by atoms with Crippen LogP contribution in [-0.4, -0.2) is 0 Å². The van der Waals surface area contributed by atoms with E-state index in [2.05, 4.69) is 58.0 Å². The SMILES string of the molecule is CCC=C(C)c1ccc(C(C)C)cc1. The van der Waals surface area contributed by atoms with E-state index in [0.29, 0.717) is 5.92 Å². The average Bonchev–Trinajstić information content (AvgIpc) is 2.18. The Bertz CT molecular complexity index is 301. The first kappa shape index (κ1) is 11.0. The summed E-state index contributed by atoms with van der Waals surface area (Å²) in [6.45, 7) is 8.80. The summed E-state index contributed by atoms with van der Waals surface area (Å²) in [5, 5.41) is 0. The number of benzene rings is 1. The van der Waals surface area contributed by atoms with Crippen molar-refractivity contribution in [2.45, 2.75) is 40.0 Å². The molecule has 0 heterocycles. The minimum atomic E-state index is 0.625. The van der Waals surface area contributed by atoms with Gasteiger partial charge in [0.1, 0.15) is 0 Å². The molecule has 14 heavy (non-hydrogen) atoms. The Kier molecular flexibility index (Phi) is 3.94. The minimum absolute atomic E-state index is 0.625. The highest BCUT2D eigenvalue weighted by atomic mass is 14.0. The van der Waals surface area contributed by atoms with Gasteiger partial charge in [0.25, 0.3) is 0 Å². The highest BCUT2D eigenvalue weighted by Crippen LogP contribution is 2.19. The van der Waals surface area contributed by atoms with Gasteiger partial charge in [-0.05, 0) is 36.0 Å². The van der Waals surface area contributed by atoms with Crippen molar-refractivity contribution < 1.29 is 0 Å². The molecule has 0 fully saturated rings. The topological polar surface area (TPSA) is 0 Å². The van der Waals surface area contributed by atoms with Crippen LogP contribution in [0.5, 0.6) is 0 Å². The summed E-state index contributed by atoms with van der Waals surface area (Å²) in [5.74, 6) is 0.625. The van der Waals surface area contributed by atoms with Crippen molar-refractivity contribution in [2.75, 3.05) is 0 Å². The molecule has 0 aliphatic rings. The Balaban J connectivity index is 2.88. The third-order valence-corrected chi connectivity index (χ3v) is 2.54. The molecule has 0 nitrogen and oxygen atoms in total. The summed E-state index contributed by atoms with van der Waals surface area (Å²) in [4.78, 5) is 0. The van der Waals surface area contributed by atoms with Crippen molar-refractivity contribution in [3.8, 4) is 0 Å². The van der Waals surface area contributed by atoms with Gasteiger partial charge in [-0.15, -0.1) is 0 Å². The molecule has 0 amide bonds. The molecule has 0 saturated carbocycles. The summed E-state index contributed by atoms with van der Waals surface area (Å²) in [7, 11) is 0. The van der Waals surface area contributed by atoms with Crippen molar-refractivity contribution in [1.82, 2.24) is 0 Å². The third-order valence-electron chi connectivity index (χ3n) is 2.54. The predicted molar refractivity (Wildman–Crippen MR) is 64.5 cm³/mol. The molecule has 76 valence electrons. The van der Waals surface area contributed by atoms with Gasteiger partial charge in [0, 0.05) is 0 Å². The van der Waals surface area contributed by atoms with Crippen molar-refractivity contribution in [3.63, 3.8) is 0 Å². The van der Waals surface area contributed by atoms with Crippen LogP contribution in [0.25, 0.3) is 5.57 Å². The Morgan fingerprint density at radius 1 is 1.21 bits per heavy atom. The maximum Gasteiger partial charge on any atom is -0.0219 e. The molecule has 1 aromatic rings. The smallest absolute Gasteiger partial charge is 0.0219 e. The summed E-state index contributed by atoms with van der Waals surface area (Å²) in [5.41, 5.74) is 4.14. The van der Waals surface area contributed by atoms with E-state index >= 15 is 0 Å². The van der Waals surface area contributed by atoms with Crippen LogP contribution in [0, 0.1) is 0 Å². The molecule has 0 N–H and O–H groups in total. The lowest BCUT2D eigenvalue weighted by Crippen LogP contribution is -1.87. The van der Waals surface area contributed by atoms with Gasteiger partial charge >= 0.3 is 0 Å². The summed E-state index contributed by atoms with van der Waals surface area (Å²) < 4.78 is 0. The second kappa shape index (κ2) is 4.99. The van der Waals surface area contributed by atoms with Gasteiger partial charge in [-0.25, -0.2) is 0 Å². The monoisotopic (exact) mass is 188 g/mol. The minimum Gasteiger partial charge on any atom is -0.0813 e. The number of rotatable bonds is 3. The van der Waals surface area contributed by atoms with E-state index in [1.807, 2.05) is 0 Å². The fraction of sp³-hybridized carbons (Fsp3) is 0.429. The predicted octanol–water partition coefficient (Wildman–Crippen LogP) is 4.62. The molecule has 0 heteroatoms. The van der Waals surface area contributed by atoms with Crippen LogP contribution in [0.15, 0.2) is 30.3 Å². The van der Waals surface area contributed by atoms with Crippen LogP contribution in [0.2, 0.25) is 0 Å². The van der Waals surface area contributed by atoms with Crippen LogP contribution in [0.3, 0.4) is 0 Å². The van der Waals surface area contributed by atoms with E-state index in [9.17, 15) is 0 Å².